The maximum absolute atomic E-state index is 2.49. The van der Waals surface area contributed by atoms with Gasteiger partial charge in [0.25, 0.3) is 0 Å². The Hall–Kier alpha value is -0.780. The molecule has 0 heteroatoms. The summed E-state index contributed by atoms with van der Waals surface area (Å²) < 4.78 is 0. The predicted octanol–water partition coefficient (Wildman–Crippen LogP) is 10.5. The highest BCUT2D eigenvalue weighted by Crippen LogP contribution is 2.29. The fourth-order valence-electron chi connectivity index (χ4n) is 4.25. The molecule has 0 saturated carbocycles. The zero-order valence-corrected chi connectivity index (χ0v) is 20.8. The molecular formula is C29H54. The molecule has 0 rings (SSSR count). The predicted molar refractivity (Wildman–Crippen MR) is 136 cm³/mol. The van der Waals surface area contributed by atoms with Crippen LogP contribution in [0, 0.1) is 17.8 Å². The standard InChI is InChI=1S/C29H54/c1-6-9-12-15-18-21-24-29(25-27(4)22-19-16-13-10-7-2)26-28(5)23-20-17-14-11-8-3/h10,13-15,17-18,27-29H,6-9,11-12,16,19-26H2,1-5H3. The summed E-state index contributed by atoms with van der Waals surface area (Å²) in [7, 11) is 0. The Kier molecular flexibility index (Phi) is 21.3. The first-order chi connectivity index (χ1) is 14.1. The zero-order chi connectivity index (χ0) is 21.6. The van der Waals surface area contributed by atoms with E-state index in [-0.39, 0.29) is 0 Å². The Bertz CT molecular complexity index is 400. The van der Waals surface area contributed by atoms with Crippen LogP contribution < -0.4 is 0 Å². The molecule has 0 nitrogen and oxygen atoms in total. The van der Waals surface area contributed by atoms with Crippen LogP contribution in [0.2, 0.25) is 0 Å². The molecule has 0 amide bonds. The van der Waals surface area contributed by atoms with Crippen LogP contribution in [0.25, 0.3) is 0 Å². The van der Waals surface area contributed by atoms with Gasteiger partial charge in [0.15, 0.2) is 0 Å². The van der Waals surface area contributed by atoms with Crippen molar-refractivity contribution in [3.05, 3.63) is 36.5 Å². The van der Waals surface area contributed by atoms with Crippen LogP contribution >= 0.6 is 0 Å². The first-order valence-corrected chi connectivity index (χ1v) is 13.1. The van der Waals surface area contributed by atoms with Crippen molar-refractivity contribution in [3.8, 4) is 0 Å². The lowest BCUT2D eigenvalue weighted by molar-refractivity contribution is 0.291. The highest BCUT2D eigenvalue weighted by Gasteiger charge is 2.16. The van der Waals surface area contributed by atoms with Gasteiger partial charge in [-0.15, -0.1) is 0 Å². The molecule has 29 heavy (non-hydrogen) atoms. The van der Waals surface area contributed by atoms with Gasteiger partial charge in [0.2, 0.25) is 0 Å². The van der Waals surface area contributed by atoms with E-state index in [0.29, 0.717) is 0 Å². The minimum Gasteiger partial charge on any atom is -0.0888 e. The minimum atomic E-state index is 0.857. The van der Waals surface area contributed by atoms with E-state index in [1.807, 2.05) is 0 Å². The second-order valence-electron chi connectivity index (χ2n) is 9.39. The number of hydrogen-bond acceptors (Lipinski definition) is 0. The normalized spacial score (nSPS) is 15.6. The van der Waals surface area contributed by atoms with E-state index in [4.69, 9.17) is 0 Å². The maximum Gasteiger partial charge on any atom is -0.0348 e. The van der Waals surface area contributed by atoms with Crippen LogP contribution in [-0.4, -0.2) is 0 Å². The first-order valence-electron chi connectivity index (χ1n) is 13.1. The number of hydrogen-bond donors (Lipinski definition) is 0. The third-order valence-electron chi connectivity index (χ3n) is 6.02. The van der Waals surface area contributed by atoms with E-state index in [1.165, 1.54) is 96.3 Å². The van der Waals surface area contributed by atoms with Crippen molar-refractivity contribution < 1.29 is 0 Å². The number of allylic oxidation sites excluding steroid dienone is 6. The van der Waals surface area contributed by atoms with Gasteiger partial charge in [-0.1, -0.05) is 96.8 Å². The van der Waals surface area contributed by atoms with Crippen molar-refractivity contribution in [2.75, 3.05) is 0 Å². The molecule has 0 N–H and O–H groups in total. The summed E-state index contributed by atoms with van der Waals surface area (Å²) in [5.41, 5.74) is 0. The van der Waals surface area contributed by atoms with E-state index in [1.54, 1.807) is 0 Å². The Morgan fingerprint density at radius 1 is 0.517 bits per heavy atom. The second kappa shape index (κ2) is 21.9. The van der Waals surface area contributed by atoms with Gasteiger partial charge in [-0.25, -0.2) is 0 Å². The van der Waals surface area contributed by atoms with Crippen LogP contribution in [0.5, 0.6) is 0 Å². The molecule has 0 saturated heterocycles. The van der Waals surface area contributed by atoms with Crippen LogP contribution in [0.4, 0.5) is 0 Å². The highest BCUT2D eigenvalue weighted by molar-refractivity contribution is 4.84. The fraction of sp³-hybridized carbons (Fsp3) is 0.793. The molecule has 0 fully saturated rings. The lowest BCUT2D eigenvalue weighted by Gasteiger charge is -2.24. The molecule has 0 aliphatic rings. The molecule has 170 valence electrons. The van der Waals surface area contributed by atoms with E-state index in [0.717, 1.165) is 17.8 Å². The maximum atomic E-state index is 2.49. The summed E-state index contributed by atoms with van der Waals surface area (Å²) in [5, 5.41) is 0. The Morgan fingerprint density at radius 3 is 1.72 bits per heavy atom. The molecule has 0 spiro atoms. The fourth-order valence-corrected chi connectivity index (χ4v) is 4.25. The van der Waals surface area contributed by atoms with Crippen molar-refractivity contribution in [1.29, 1.82) is 0 Å². The van der Waals surface area contributed by atoms with E-state index in [9.17, 15) is 0 Å². The average molecular weight is 403 g/mol. The van der Waals surface area contributed by atoms with E-state index >= 15 is 0 Å². The molecule has 0 aromatic rings. The Balaban J connectivity index is 4.38. The van der Waals surface area contributed by atoms with Crippen LogP contribution in [0.15, 0.2) is 36.5 Å². The summed E-state index contributed by atoms with van der Waals surface area (Å²) in [4.78, 5) is 0. The van der Waals surface area contributed by atoms with Crippen LogP contribution in [-0.2, 0) is 0 Å². The topological polar surface area (TPSA) is 0 Å². The quantitative estimate of drug-likeness (QED) is 0.140. The smallest absolute Gasteiger partial charge is 0.0348 e. The van der Waals surface area contributed by atoms with Crippen molar-refractivity contribution in [1.82, 2.24) is 0 Å². The molecule has 0 aromatic heterocycles. The molecule has 3 unspecified atom stereocenters. The molecule has 0 bridgehead atoms. The SMILES string of the molecule is CCC=CCCCC(C)CC(CCC=CCCCC)CC(C)CCC=CCCC. The van der Waals surface area contributed by atoms with Gasteiger partial charge in [0.05, 0.1) is 0 Å². The summed E-state index contributed by atoms with van der Waals surface area (Å²) in [6.07, 6.45) is 34.1. The largest absolute Gasteiger partial charge is 0.0888 e. The summed E-state index contributed by atoms with van der Waals surface area (Å²) in [6.45, 7) is 11.7. The van der Waals surface area contributed by atoms with Gasteiger partial charge in [-0.05, 0) is 88.4 Å². The second-order valence-corrected chi connectivity index (χ2v) is 9.39. The van der Waals surface area contributed by atoms with Gasteiger partial charge >= 0.3 is 0 Å². The summed E-state index contributed by atoms with van der Waals surface area (Å²) in [6, 6.07) is 0. The molecule has 0 aromatic carbocycles. The van der Waals surface area contributed by atoms with Gasteiger partial charge in [-0.2, -0.15) is 0 Å². The monoisotopic (exact) mass is 402 g/mol. The van der Waals surface area contributed by atoms with Crippen molar-refractivity contribution in [3.63, 3.8) is 0 Å². The molecule has 0 aliphatic carbocycles. The molecular weight excluding hydrogens is 348 g/mol. The summed E-state index contributed by atoms with van der Waals surface area (Å²) >= 11 is 0. The zero-order valence-electron chi connectivity index (χ0n) is 20.8. The van der Waals surface area contributed by atoms with Crippen LogP contribution in [0.1, 0.15) is 131 Å². The third kappa shape index (κ3) is 20.3. The Morgan fingerprint density at radius 2 is 1.07 bits per heavy atom. The van der Waals surface area contributed by atoms with Gasteiger partial charge in [0, 0.05) is 0 Å². The number of rotatable bonds is 20. The molecule has 0 radical (unpaired) electrons. The van der Waals surface area contributed by atoms with E-state index in [2.05, 4.69) is 71.1 Å². The molecule has 0 aliphatic heterocycles. The van der Waals surface area contributed by atoms with Gasteiger partial charge < -0.3 is 0 Å². The van der Waals surface area contributed by atoms with Crippen LogP contribution in [0.3, 0.4) is 0 Å². The Labute approximate surface area is 185 Å². The van der Waals surface area contributed by atoms with Gasteiger partial charge in [0.1, 0.15) is 0 Å². The third-order valence-corrected chi connectivity index (χ3v) is 6.02. The lowest BCUT2D eigenvalue weighted by atomic mass is 9.82. The lowest BCUT2D eigenvalue weighted by Crippen LogP contribution is -2.11. The average Bonchev–Trinajstić information content (AvgIpc) is 2.70. The molecule has 0 heterocycles. The highest BCUT2D eigenvalue weighted by atomic mass is 14.2. The number of unbranched alkanes of at least 4 members (excludes halogenated alkanes) is 4. The van der Waals surface area contributed by atoms with Gasteiger partial charge in [-0.3, -0.25) is 0 Å². The van der Waals surface area contributed by atoms with Crippen molar-refractivity contribution in [2.45, 2.75) is 131 Å². The first kappa shape index (κ1) is 28.2. The van der Waals surface area contributed by atoms with Crippen molar-refractivity contribution in [2.24, 2.45) is 17.8 Å². The summed E-state index contributed by atoms with van der Waals surface area (Å²) in [5.74, 6) is 2.63. The van der Waals surface area contributed by atoms with E-state index < -0.39 is 0 Å². The molecule has 3 atom stereocenters. The van der Waals surface area contributed by atoms with Crippen molar-refractivity contribution >= 4 is 0 Å². The minimum absolute atomic E-state index is 0.857.